The minimum Gasteiger partial charge on any atom is -0.381 e. The molecule has 1 aliphatic rings. The molecule has 0 amide bonds. The lowest BCUT2D eigenvalue weighted by molar-refractivity contribution is 0.193. The summed E-state index contributed by atoms with van der Waals surface area (Å²) in [6.07, 6.45) is 1.81. The van der Waals surface area contributed by atoms with Crippen LogP contribution in [0.15, 0.2) is 12.1 Å². The topological polar surface area (TPSA) is 72.8 Å². The fourth-order valence-electron chi connectivity index (χ4n) is 2.87. The van der Waals surface area contributed by atoms with Crippen LogP contribution in [-0.2, 0) is 11.2 Å². The van der Waals surface area contributed by atoms with Gasteiger partial charge in [-0.15, -0.1) is 0 Å². The molecule has 0 bridgehead atoms. The maximum Gasteiger partial charge on any atom is 0.130 e. The van der Waals surface area contributed by atoms with Crippen LogP contribution in [0, 0.1) is 20.8 Å². The standard InChI is InChI=1S/C17H23N5O/c1-11-8-12(2)20-16(19-11)4-6-18-17-9-15(21-13(3)22-17)14-5-7-23-10-14/h8-9,14H,4-7,10H2,1-3H3,(H,18,21,22). The van der Waals surface area contributed by atoms with E-state index in [0.29, 0.717) is 5.92 Å². The lowest BCUT2D eigenvalue weighted by Gasteiger charge is -2.11. The molecule has 0 saturated carbocycles. The van der Waals surface area contributed by atoms with E-state index >= 15 is 0 Å². The van der Waals surface area contributed by atoms with Crippen LogP contribution < -0.4 is 5.32 Å². The van der Waals surface area contributed by atoms with Crippen LogP contribution >= 0.6 is 0 Å². The van der Waals surface area contributed by atoms with Crippen molar-refractivity contribution in [2.75, 3.05) is 25.1 Å². The van der Waals surface area contributed by atoms with Crippen LogP contribution in [0.25, 0.3) is 0 Å². The highest BCUT2D eigenvalue weighted by atomic mass is 16.5. The lowest BCUT2D eigenvalue weighted by atomic mass is 10.0. The summed E-state index contributed by atoms with van der Waals surface area (Å²) in [6.45, 7) is 8.25. The van der Waals surface area contributed by atoms with Crippen LogP contribution in [0.5, 0.6) is 0 Å². The lowest BCUT2D eigenvalue weighted by Crippen LogP contribution is -2.12. The van der Waals surface area contributed by atoms with Crippen LogP contribution in [-0.4, -0.2) is 39.7 Å². The maximum absolute atomic E-state index is 5.46. The third-order valence-electron chi connectivity index (χ3n) is 3.89. The molecule has 1 fully saturated rings. The van der Waals surface area contributed by atoms with Crippen molar-refractivity contribution in [3.05, 3.63) is 40.9 Å². The molecule has 0 spiro atoms. The first kappa shape index (κ1) is 15.8. The molecule has 122 valence electrons. The third kappa shape index (κ3) is 4.22. The van der Waals surface area contributed by atoms with E-state index in [4.69, 9.17) is 4.74 Å². The number of aromatic nitrogens is 4. The Bertz CT molecular complexity index is 662. The van der Waals surface area contributed by atoms with Gasteiger partial charge in [-0.05, 0) is 33.3 Å². The van der Waals surface area contributed by atoms with E-state index in [0.717, 1.165) is 67.1 Å². The molecule has 2 aromatic rings. The number of aryl methyl sites for hydroxylation is 3. The average Bonchev–Trinajstić information content (AvgIpc) is 3.00. The van der Waals surface area contributed by atoms with Gasteiger partial charge in [-0.2, -0.15) is 0 Å². The fraction of sp³-hybridized carbons (Fsp3) is 0.529. The number of ether oxygens (including phenoxy) is 1. The second kappa shape index (κ2) is 7.00. The molecule has 0 aliphatic carbocycles. The van der Waals surface area contributed by atoms with Crippen molar-refractivity contribution >= 4 is 5.82 Å². The van der Waals surface area contributed by atoms with E-state index < -0.39 is 0 Å². The first-order valence-electron chi connectivity index (χ1n) is 8.08. The van der Waals surface area contributed by atoms with Crippen molar-refractivity contribution in [1.29, 1.82) is 0 Å². The van der Waals surface area contributed by atoms with E-state index in [1.54, 1.807) is 0 Å². The Morgan fingerprint density at radius 3 is 2.57 bits per heavy atom. The van der Waals surface area contributed by atoms with Gasteiger partial charge in [0.25, 0.3) is 0 Å². The van der Waals surface area contributed by atoms with Gasteiger partial charge in [0.15, 0.2) is 0 Å². The van der Waals surface area contributed by atoms with E-state index in [-0.39, 0.29) is 0 Å². The summed E-state index contributed by atoms with van der Waals surface area (Å²) in [5, 5.41) is 3.36. The van der Waals surface area contributed by atoms with Crippen LogP contribution in [0.4, 0.5) is 5.82 Å². The van der Waals surface area contributed by atoms with E-state index in [9.17, 15) is 0 Å². The van der Waals surface area contributed by atoms with Crippen LogP contribution in [0.1, 0.15) is 41.1 Å². The molecule has 1 atom stereocenters. The third-order valence-corrected chi connectivity index (χ3v) is 3.89. The Hall–Kier alpha value is -2.08. The molecular formula is C17H23N5O. The normalized spacial score (nSPS) is 17.4. The van der Waals surface area contributed by atoms with Crippen molar-refractivity contribution in [1.82, 2.24) is 19.9 Å². The van der Waals surface area contributed by atoms with Crippen LogP contribution in [0.3, 0.4) is 0 Å². The largest absolute Gasteiger partial charge is 0.381 e. The van der Waals surface area contributed by atoms with Crippen molar-refractivity contribution in [2.24, 2.45) is 0 Å². The number of nitrogens with zero attached hydrogens (tertiary/aromatic N) is 4. The monoisotopic (exact) mass is 313 g/mol. The smallest absolute Gasteiger partial charge is 0.130 e. The van der Waals surface area contributed by atoms with E-state index in [2.05, 4.69) is 25.3 Å². The van der Waals surface area contributed by atoms with Crippen LogP contribution in [0.2, 0.25) is 0 Å². The van der Waals surface area contributed by atoms with Gasteiger partial charge in [-0.25, -0.2) is 19.9 Å². The first-order valence-corrected chi connectivity index (χ1v) is 8.08. The molecule has 2 aromatic heterocycles. The zero-order valence-electron chi connectivity index (χ0n) is 14.0. The molecule has 0 aromatic carbocycles. The van der Waals surface area contributed by atoms with Crippen molar-refractivity contribution in [3.8, 4) is 0 Å². The Labute approximate surface area is 136 Å². The number of hydrogen-bond donors (Lipinski definition) is 1. The number of anilines is 1. The molecule has 0 radical (unpaired) electrons. The predicted molar refractivity (Wildman–Crippen MR) is 88.6 cm³/mol. The van der Waals surface area contributed by atoms with Gasteiger partial charge in [0.05, 0.1) is 12.3 Å². The molecule has 3 heterocycles. The second-order valence-electron chi connectivity index (χ2n) is 6.03. The molecule has 1 N–H and O–H groups in total. The Kier molecular flexibility index (Phi) is 4.81. The predicted octanol–water partition coefficient (Wildman–Crippen LogP) is 2.35. The molecule has 3 rings (SSSR count). The average molecular weight is 313 g/mol. The Morgan fingerprint density at radius 2 is 1.87 bits per heavy atom. The quantitative estimate of drug-likeness (QED) is 0.913. The minimum atomic E-state index is 0.389. The van der Waals surface area contributed by atoms with Crippen molar-refractivity contribution < 1.29 is 4.74 Å². The SMILES string of the molecule is Cc1cc(C)nc(CCNc2cc(C3CCOC3)nc(C)n2)n1. The summed E-state index contributed by atoms with van der Waals surface area (Å²) < 4.78 is 5.46. The number of hydrogen-bond acceptors (Lipinski definition) is 6. The molecule has 1 saturated heterocycles. The summed E-state index contributed by atoms with van der Waals surface area (Å²) in [4.78, 5) is 17.9. The summed E-state index contributed by atoms with van der Waals surface area (Å²) in [5.41, 5.74) is 3.09. The fourth-order valence-corrected chi connectivity index (χ4v) is 2.87. The van der Waals surface area contributed by atoms with Gasteiger partial charge >= 0.3 is 0 Å². The minimum absolute atomic E-state index is 0.389. The Morgan fingerprint density at radius 1 is 1.09 bits per heavy atom. The number of nitrogens with one attached hydrogen (secondary N) is 1. The molecule has 6 heteroatoms. The van der Waals surface area contributed by atoms with E-state index in [1.165, 1.54) is 0 Å². The Balaban J connectivity index is 1.63. The summed E-state index contributed by atoms with van der Waals surface area (Å²) in [5.74, 6) is 2.91. The van der Waals surface area contributed by atoms with Gasteiger partial charge in [-0.1, -0.05) is 0 Å². The van der Waals surface area contributed by atoms with Gasteiger partial charge in [0.1, 0.15) is 17.5 Å². The van der Waals surface area contributed by atoms with Gasteiger partial charge < -0.3 is 10.1 Å². The number of rotatable bonds is 5. The molecule has 1 aliphatic heterocycles. The summed E-state index contributed by atoms with van der Waals surface area (Å²) in [7, 11) is 0. The highest BCUT2D eigenvalue weighted by molar-refractivity contribution is 5.37. The van der Waals surface area contributed by atoms with Crippen molar-refractivity contribution in [2.45, 2.75) is 39.5 Å². The van der Waals surface area contributed by atoms with Gasteiger partial charge in [0, 0.05) is 42.9 Å². The molecule has 1 unspecified atom stereocenters. The maximum atomic E-state index is 5.46. The molecular weight excluding hydrogens is 290 g/mol. The van der Waals surface area contributed by atoms with Gasteiger partial charge in [0.2, 0.25) is 0 Å². The highest BCUT2D eigenvalue weighted by Gasteiger charge is 2.20. The molecule has 6 nitrogen and oxygen atoms in total. The summed E-state index contributed by atoms with van der Waals surface area (Å²) in [6, 6.07) is 4.02. The zero-order valence-corrected chi connectivity index (χ0v) is 14.0. The summed E-state index contributed by atoms with van der Waals surface area (Å²) >= 11 is 0. The zero-order chi connectivity index (χ0) is 16.2. The second-order valence-corrected chi connectivity index (χ2v) is 6.03. The van der Waals surface area contributed by atoms with Gasteiger partial charge in [-0.3, -0.25) is 0 Å². The highest BCUT2D eigenvalue weighted by Crippen LogP contribution is 2.24. The van der Waals surface area contributed by atoms with E-state index in [1.807, 2.05) is 32.9 Å². The molecule has 23 heavy (non-hydrogen) atoms. The van der Waals surface area contributed by atoms with Crippen molar-refractivity contribution in [3.63, 3.8) is 0 Å². The first-order chi connectivity index (χ1) is 11.1.